The summed E-state index contributed by atoms with van der Waals surface area (Å²) in [5, 5.41) is 4.04. The molecule has 1 aliphatic heterocycles. The van der Waals surface area contributed by atoms with Crippen LogP contribution in [0.1, 0.15) is 52.6 Å². The summed E-state index contributed by atoms with van der Waals surface area (Å²) in [6, 6.07) is 2.20. The number of carbonyl (C=O) groups excluding carboxylic acids is 3. The van der Waals surface area contributed by atoms with Gasteiger partial charge in [-0.15, -0.1) is 24.5 Å². The second-order valence-corrected chi connectivity index (χ2v) is 8.91. The van der Waals surface area contributed by atoms with Crippen molar-refractivity contribution >= 4 is 45.1 Å². The van der Waals surface area contributed by atoms with Crippen molar-refractivity contribution in [3.05, 3.63) is 40.3 Å². The van der Waals surface area contributed by atoms with E-state index in [9.17, 15) is 36.3 Å². The fourth-order valence-electron chi connectivity index (χ4n) is 3.47. The third-order valence-corrected chi connectivity index (χ3v) is 6.17. The van der Waals surface area contributed by atoms with E-state index in [2.05, 4.69) is 10.1 Å². The number of nitrogens with one attached hydrogen (secondary N) is 1. The standard InChI is InChI=1S/C20H19F3N2O7S2/c1-3-31-15-8-11(4-5-14(15)32-20(21,22)23)13(6-7-34(29)30)25-18(27)12-9-33-17(24-10(2)26)16(12)19(25)28/h4-5,8-9,13H,3,6-7H2,1-2H3,(H,24,26)(H,29,30)/p-1. The predicted octanol–water partition coefficient (Wildman–Crippen LogP) is 3.61. The highest BCUT2D eigenvalue weighted by Gasteiger charge is 2.43. The maximum Gasteiger partial charge on any atom is 0.573 e. The van der Waals surface area contributed by atoms with E-state index in [1.807, 2.05) is 0 Å². The van der Waals surface area contributed by atoms with E-state index in [1.54, 1.807) is 0 Å². The van der Waals surface area contributed by atoms with Crippen LogP contribution >= 0.6 is 11.3 Å². The number of imide groups is 1. The van der Waals surface area contributed by atoms with Crippen LogP contribution in [0.2, 0.25) is 0 Å². The largest absolute Gasteiger partial charge is 0.772 e. The lowest BCUT2D eigenvalue weighted by molar-refractivity contribution is -0.275. The molecule has 1 aromatic carbocycles. The third-order valence-electron chi connectivity index (χ3n) is 4.71. The molecule has 14 heteroatoms. The first kappa shape index (κ1) is 25.6. The van der Waals surface area contributed by atoms with E-state index < -0.39 is 52.7 Å². The van der Waals surface area contributed by atoms with Crippen molar-refractivity contribution < 1.29 is 45.8 Å². The number of nitrogens with zero attached hydrogens (tertiary/aromatic N) is 1. The zero-order valence-corrected chi connectivity index (χ0v) is 19.4. The lowest BCUT2D eigenvalue weighted by Gasteiger charge is -2.28. The highest BCUT2D eigenvalue weighted by molar-refractivity contribution is 7.79. The molecule has 1 aliphatic rings. The molecular formula is C20H18F3N2O7S2-. The van der Waals surface area contributed by atoms with Crippen molar-refractivity contribution in [2.45, 2.75) is 32.7 Å². The third kappa shape index (κ3) is 5.56. The summed E-state index contributed by atoms with van der Waals surface area (Å²) >= 11 is -1.53. The van der Waals surface area contributed by atoms with Crippen molar-refractivity contribution in [2.24, 2.45) is 0 Å². The molecule has 1 N–H and O–H groups in total. The number of halogens is 3. The Labute approximate surface area is 198 Å². The van der Waals surface area contributed by atoms with Gasteiger partial charge in [-0.1, -0.05) is 17.1 Å². The van der Waals surface area contributed by atoms with Crippen LogP contribution in [0.25, 0.3) is 0 Å². The number of hydrogen-bond donors (Lipinski definition) is 1. The topological polar surface area (TPSA) is 125 Å². The van der Waals surface area contributed by atoms with Crippen LogP contribution in [0.3, 0.4) is 0 Å². The number of hydrogen-bond acceptors (Lipinski definition) is 8. The summed E-state index contributed by atoms with van der Waals surface area (Å²) in [5.74, 6) is -3.29. The summed E-state index contributed by atoms with van der Waals surface area (Å²) in [4.78, 5) is 38.6. The van der Waals surface area contributed by atoms with Crippen molar-refractivity contribution in [2.75, 3.05) is 17.7 Å². The van der Waals surface area contributed by atoms with Gasteiger partial charge in [-0.2, -0.15) is 0 Å². The molecule has 3 amide bonds. The Balaban J connectivity index is 2.04. The number of ether oxygens (including phenoxy) is 2. The fraction of sp³-hybridized carbons (Fsp3) is 0.350. The zero-order valence-electron chi connectivity index (χ0n) is 17.8. The predicted molar refractivity (Wildman–Crippen MR) is 115 cm³/mol. The Morgan fingerprint density at radius 3 is 2.56 bits per heavy atom. The molecule has 0 spiro atoms. The number of amides is 3. The van der Waals surface area contributed by atoms with Gasteiger partial charge in [0.25, 0.3) is 11.8 Å². The van der Waals surface area contributed by atoms with Crippen molar-refractivity contribution in [1.82, 2.24) is 4.90 Å². The number of carbonyl (C=O) groups is 3. The number of rotatable bonds is 9. The number of alkyl halides is 3. The van der Waals surface area contributed by atoms with Crippen LogP contribution in [0, 0.1) is 0 Å². The van der Waals surface area contributed by atoms with Gasteiger partial charge < -0.3 is 19.3 Å². The van der Waals surface area contributed by atoms with Crippen LogP contribution in [-0.2, 0) is 15.9 Å². The molecule has 0 fully saturated rings. The monoisotopic (exact) mass is 519 g/mol. The quantitative estimate of drug-likeness (QED) is 0.396. The maximum absolute atomic E-state index is 13.2. The number of anilines is 1. The molecule has 2 heterocycles. The second kappa shape index (κ2) is 10.1. The van der Waals surface area contributed by atoms with Gasteiger partial charge >= 0.3 is 6.36 Å². The molecule has 0 saturated heterocycles. The summed E-state index contributed by atoms with van der Waals surface area (Å²) in [6.07, 6.45) is -5.21. The molecule has 9 nitrogen and oxygen atoms in total. The minimum atomic E-state index is -4.98. The summed E-state index contributed by atoms with van der Waals surface area (Å²) in [7, 11) is 0. The Hall–Kier alpha value is -2.97. The van der Waals surface area contributed by atoms with E-state index >= 15 is 0 Å². The smallest absolute Gasteiger partial charge is 0.573 e. The number of benzene rings is 1. The lowest BCUT2D eigenvalue weighted by atomic mass is 10.0. The molecule has 0 bridgehead atoms. The Morgan fingerprint density at radius 1 is 1.26 bits per heavy atom. The average molecular weight is 519 g/mol. The SMILES string of the molecule is CCOc1cc(C(CCS(=O)[O-])N2C(=O)c3csc(NC(C)=O)c3C2=O)ccc1OC(F)(F)F. The fourth-order valence-corrected chi connectivity index (χ4v) is 4.85. The molecular weight excluding hydrogens is 501 g/mol. The zero-order chi connectivity index (χ0) is 25.2. The van der Waals surface area contributed by atoms with Gasteiger partial charge in [-0.3, -0.25) is 23.5 Å². The van der Waals surface area contributed by atoms with Crippen LogP contribution in [-0.4, -0.2) is 50.1 Å². The van der Waals surface area contributed by atoms with Crippen molar-refractivity contribution in [1.29, 1.82) is 0 Å². The Bertz CT molecular complexity index is 1150. The molecule has 184 valence electrons. The minimum absolute atomic E-state index is 0.00837. The molecule has 34 heavy (non-hydrogen) atoms. The molecule has 0 radical (unpaired) electrons. The van der Waals surface area contributed by atoms with Gasteiger partial charge in [0.05, 0.1) is 23.8 Å². The van der Waals surface area contributed by atoms with Crippen LogP contribution in [0.15, 0.2) is 23.6 Å². The molecule has 0 saturated carbocycles. The average Bonchev–Trinajstić information content (AvgIpc) is 3.23. The van der Waals surface area contributed by atoms with Gasteiger partial charge in [0, 0.05) is 18.1 Å². The Kier molecular flexibility index (Phi) is 7.63. The summed E-state index contributed by atoms with van der Waals surface area (Å²) < 4.78 is 69.9. The van der Waals surface area contributed by atoms with Gasteiger partial charge in [0.2, 0.25) is 5.91 Å². The first-order chi connectivity index (χ1) is 15.9. The molecule has 0 aliphatic carbocycles. The van der Waals surface area contributed by atoms with Gasteiger partial charge in [0.1, 0.15) is 5.00 Å². The van der Waals surface area contributed by atoms with Crippen LogP contribution in [0.5, 0.6) is 11.5 Å². The first-order valence-corrected chi connectivity index (χ1v) is 11.9. The van der Waals surface area contributed by atoms with Crippen molar-refractivity contribution in [3.63, 3.8) is 0 Å². The van der Waals surface area contributed by atoms with E-state index in [4.69, 9.17) is 4.74 Å². The van der Waals surface area contributed by atoms with E-state index in [-0.39, 0.29) is 40.5 Å². The molecule has 3 rings (SSSR count). The number of thiophene rings is 1. The minimum Gasteiger partial charge on any atom is -0.772 e. The van der Waals surface area contributed by atoms with E-state index in [1.165, 1.54) is 31.4 Å². The lowest BCUT2D eigenvalue weighted by Crippen LogP contribution is -2.35. The second-order valence-electron chi connectivity index (χ2n) is 7.01. The van der Waals surface area contributed by atoms with Crippen LogP contribution in [0.4, 0.5) is 18.2 Å². The van der Waals surface area contributed by atoms with Crippen LogP contribution < -0.4 is 14.8 Å². The molecule has 1 aromatic heterocycles. The highest BCUT2D eigenvalue weighted by Crippen LogP contribution is 2.42. The summed E-state index contributed by atoms with van der Waals surface area (Å²) in [5.41, 5.74) is 0.176. The van der Waals surface area contributed by atoms with E-state index in [0.29, 0.717) is 0 Å². The van der Waals surface area contributed by atoms with E-state index in [0.717, 1.165) is 22.3 Å². The van der Waals surface area contributed by atoms with Gasteiger partial charge in [-0.05, 0) is 31.0 Å². The molecule has 2 aromatic rings. The van der Waals surface area contributed by atoms with Gasteiger partial charge in [-0.25, -0.2) is 0 Å². The number of fused-ring (bicyclic) bond motifs is 1. The first-order valence-electron chi connectivity index (χ1n) is 9.78. The van der Waals surface area contributed by atoms with Crippen molar-refractivity contribution in [3.8, 4) is 11.5 Å². The highest BCUT2D eigenvalue weighted by atomic mass is 32.2. The molecule has 2 unspecified atom stereocenters. The maximum atomic E-state index is 13.2. The van der Waals surface area contributed by atoms with Gasteiger partial charge in [0.15, 0.2) is 11.5 Å². The normalized spacial score (nSPS) is 15.2. The summed E-state index contributed by atoms with van der Waals surface area (Å²) in [6.45, 7) is 2.76. The Morgan fingerprint density at radius 2 is 1.97 bits per heavy atom. The molecule has 2 atom stereocenters.